The molecule has 0 bridgehead atoms. The molecule has 0 N–H and O–H groups in total. The summed E-state index contributed by atoms with van der Waals surface area (Å²) in [6.07, 6.45) is 18.6. The average Bonchev–Trinajstić information content (AvgIpc) is 2.92. The van der Waals surface area contributed by atoms with Crippen LogP contribution in [0.3, 0.4) is 0 Å². The van der Waals surface area contributed by atoms with Gasteiger partial charge in [-0.2, -0.15) is 0 Å². The summed E-state index contributed by atoms with van der Waals surface area (Å²) >= 11 is 0. The highest BCUT2D eigenvalue weighted by molar-refractivity contribution is 5.69. The Bertz CT molecular complexity index is 684. The van der Waals surface area contributed by atoms with Crippen LogP contribution in [0, 0.1) is 0 Å². The van der Waals surface area contributed by atoms with Crippen LogP contribution >= 0.6 is 0 Å². The fourth-order valence-electron chi connectivity index (χ4n) is 4.05. The van der Waals surface area contributed by atoms with E-state index < -0.39 is 0 Å². The summed E-state index contributed by atoms with van der Waals surface area (Å²) in [5, 5.41) is 0. The average molecular weight is 599 g/mol. The zero-order chi connectivity index (χ0) is 31.3. The molecule has 0 rings (SSSR count). The number of likely N-dealkylation sites (N-methyl/N-ethyl adjacent to an activating group) is 2. The molecule has 0 aliphatic heterocycles. The first kappa shape index (κ1) is 39.5. The molecule has 0 saturated heterocycles. The van der Waals surface area contributed by atoms with Crippen molar-refractivity contribution in [3.8, 4) is 0 Å². The zero-order valence-corrected chi connectivity index (χ0v) is 26.9. The van der Waals surface area contributed by atoms with Crippen molar-refractivity contribution in [1.29, 1.82) is 0 Å². The molecule has 0 aliphatic rings. The summed E-state index contributed by atoms with van der Waals surface area (Å²) in [7, 11) is 3.81. The Hall–Kier alpha value is -2.46. The molecular weight excluding hydrogens is 540 g/mol. The van der Waals surface area contributed by atoms with E-state index in [0.29, 0.717) is 65.4 Å². The van der Waals surface area contributed by atoms with Gasteiger partial charge in [-0.25, -0.2) is 0 Å². The molecule has 42 heavy (non-hydrogen) atoms. The number of carbonyl (C=O) groups is 4. The molecule has 10 nitrogen and oxygen atoms in total. The third kappa shape index (κ3) is 30.5. The van der Waals surface area contributed by atoms with Gasteiger partial charge in [0.2, 0.25) is 0 Å². The summed E-state index contributed by atoms with van der Waals surface area (Å²) in [6.45, 7) is 6.70. The molecule has 0 fully saturated rings. The van der Waals surface area contributed by atoms with Gasteiger partial charge < -0.3 is 18.9 Å². The lowest BCUT2D eigenvalue weighted by Crippen LogP contribution is -2.28. The van der Waals surface area contributed by atoms with E-state index in [2.05, 4.69) is 12.2 Å². The van der Waals surface area contributed by atoms with Crippen molar-refractivity contribution in [2.24, 2.45) is 0 Å². The highest BCUT2D eigenvalue weighted by Crippen LogP contribution is 2.10. The summed E-state index contributed by atoms with van der Waals surface area (Å²) in [6, 6.07) is 0. The second-order valence-corrected chi connectivity index (χ2v) is 10.8. The van der Waals surface area contributed by atoms with Gasteiger partial charge in [0.05, 0.1) is 0 Å². The Morgan fingerprint density at radius 1 is 0.476 bits per heavy atom. The van der Waals surface area contributed by atoms with Crippen molar-refractivity contribution < 1.29 is 38.1 Å². The third-order valence-electron chi connectivity index (χ3n) is 6.70. The van der Waals surface area contributed by atoms with E-state index in [9.17, 15) is 19.2 Å². The van der Waals surface area contributed by atoms with Gasteiger partial charge in [-0.15, -0.1) is 0 Å². The number of carbonyl (C=O) groups excluding carboxylic acids is 4. The van der Waals surface area contributed by atoms with Crippen LogP contribution < -0.4 is 0 Å². The van der Waals surface area contributed by atoms with Gasteiger partial charge in [0.1, 0.15) is 26.4 Å². The van der Waals surface area contributed by atoms with E-state index in [1.807, 2.05) is 23.9 Å². The molecular formula is C32H58N2O8. The maximum absolute atomic E-state index is 11.8. The lowest BCUT2D eigenvalue weighted by Gasteiger charge is -2.16. The standard InChI is InChI=1S/C32H58N2O8/c1-29(35)39-25-21-33(3)23-27-41-31(37)19-17-15-13-11-9-7-5-6-8-10-12-14-16-18-20-32(38)42-28-24-34(4)22-26-40-30(2)36/h5-6H,7-28H2,1-4H3/b6-5+. The van der Waals surface area contributed by atoms with Gasteiger partial charge in [0.15, 0.2) is 0 Å². The van der Waals surface area contributed by atoms with E-state index in [4.69, 9.17) is 18.9 Å². The molecule has 244 valence electrons. The minimum atomic E-state index is -0.284. The molecule has 0 spiro atoms. The number of rotatable bonds is 28. The minimum Gasteiger partial charge on any atom is -0.465 e. The first-order valence-corrected chi connectivity index (χ1v) is 15.8. The van der Waals surface area contributed by atoms with Crippen molar-refractivity contribution >= 4 is 23.9 Å². The van der Waals surface area contributed by atoms with Crippen LogP contribution in [0.2, 0.25) is 0 Å². The SMILES string of the molecule is CC(=O)OCCN(C)CCOC(=O)CCCCCCC/C=C/CCCCCCCC(=O)OCCN(C)CCOC(C)=O. The quantitative estimate of drug-likeness (QED) is 0.0523. The zero-order valence-electron chi connectivity index (χ0n) is 26.9. The van der Waals surface area contributed by atoms with Crippen LogP contribution in [0.15, 0.2) is 12.2 Å². The molecule has 0 aliphatic carbocycles. The second kappa shape index (κ2) is 28.6. The first-order valence-electron chi connectivity index (χ1n) is 15.8. The molecule has 0 aromatic rings. The van der Waals surface area contributed by atoms with Crippen LogP contribution in [0.5, 0.6) is 0 Å². The largest absolute Gasteiger partial charge is 0.465 e. The number of hydrogen-bond donors (Lipinski definition) is 0. The number of ether oxygens (including phenoxy) is 4. The lowest BCUT2D eigenvalue weighted by molar-refractivity contribution is -0.145. The van der Waals surface area contributed by atoms with Crippen molar-refractivity contribution in [2.45, 2.75) is 104 Å². The Morgan fingerprint density at radius 2 is 0.786 bits per heavy atom. The van der Waals surface area contributed by atoms with Crippen molar-refractivity contribution in [3.05, 3.63) is 12.2 Å². The van der Waals surface area contributed by atoms with Crippen LogP contribution in [0.1, 0.15) is 104 Å². The summed E-state index contributed by atoms with van der Waals surface area (Å²) in [5.74, 6) is -0.848. The molecule has 0 aromatic heterocycles. The number of hydrogen-bond acceptors (Lipinski definition) is 10. The van der Waals surface area contributed by atoms with Gasteiger partial charge in [-0.1, -0.05) is 50.7 Å². The second-order valence-electron chi connectivity index (χ2n) is 10.8. The number of esters is 4. The highest BCUT2D eigenvalue weighted by Gasteiger charge is 2.06. The van der Waals surface area contributed by atoms with E-state index in [0.717, 1.165) is 51.4 Å². The third-order valence-corrected chi connectivity index (χ3v) is 6.70. The first-order chi connectivity index (χ1) is 20.2. The molecule has 0 atom stereocenters. The van der Waals surface area contributed by atoms with Gasteiger partial charge >= 0.3 is 23.9 Å². The maximum atomic E-state index is 11.8. The molecule has 0 amide bonds. The summed E-state index contributed by atoms with van der Waals surface area (Å²) < 4.78 is 20.3. The van der Waals surface area contributed by atoms with E-state index in [-0.39, 0.29) is 23.9 Å². The Labute approximate surface area is 254 Å². The molecule has 0 aromatic carbocycles. The van der Waals surface area contributed by atoms with Crippen molar-refractivity contribution in [3.63, 3.8) is 0 Å². The predicted molar refractivity (Wildman–Crippen MR) is 164 cm³/mol. The fraction of sp³-hybridized carbons (Fsp3) is 0.812. The topological polar surface area (TPSA) is 112 Å². The minimum absolute atomic E-state index is 0.140. The smallest absolute Gasteiger partial charge is 0.305 e. The van der Waals surface area contributed by atoms with E-state index in [1.54, 1.807) is 0 Å². The Balaban J connectivity index is 3.40. The molecule has 0 heterocycles. The monoisotopic (exact) mass is 598 g/mol. The van der Waals surface area contributed by atoms with Gasteiger partial charge in [-0.3, -0.25) is 29.0 Å². The van der Waals surface area contributed by atoms with Crippen molar-refractivity contribution in [1.82, 2.24) is 9.80 Å². The number of unbranched alkanes of at least 4 members (excludes halogenated alkanes) is 10. The normalized spacial score (nSPS) is 11.3. The fourth-order valence-corrected chi connectivity index (χ4v) is 4.05. The molecule has 0 radical (unpaired) electrons. The molecule has 0 saturated carbocycles. The maximum Gasteiger partial charge on any atom is 0.305 e. The Morgan fingerprint density at radius 3 is 1.14 bits per heavy atom. The van der Waals surface area contributed by atoms with Gasteiger partial charge in [0.25, 0.3) is 0 Å². The van der Waals surface area contributed by atoms with Crippen LogP contribution in [0.25, 0.3) is 0 Å². The molecule has 10 heteroatoms. The van der Waals surface area contributed by atoms with Gasteiger partial charge in [0, 0.05) is 52.9 Å². The van der Waals surface area contributed by atoms with Gasteiger partial charge in [-0.05, 0) is 52.6 Å². The predicted octanol–water partition coefficient (Wildman–Crippen LogP) is 5.08. The number of nitrogens with zero attached hydrogens (tertiary/aromatic N) is 2. The van der Waals surface area contributed by atoms with Crippen molar-refractivity contribution in [2.75, 3.05) is 66.7 Å². The summed E-state index contributed by atoms with van der Waals surface area (Å²) in [5.41, 5.74) is 0. The van der Waals surface area contributed by atoms with Crippen LogP contribution in [-0.2, 0) is 38.1 Å². The van der Waals surface area contributed by atoms with Crippen LogP contribution in [-0.4, -0.2) is 100 Å². The number of allylic oxidation sites excluding steroid dienone is 2. The van der Waals surface area contributed by atoms with Crippen LogP contribution in [0.4, 0.5) is 0 Å². The molecule has 0 unspecified atom stereocenters. The van der Waals surface area contributed by atoms with E-state index >= 15 is 0 Å². The van der Waals surface area contributed by atoms with E-state index in [1.165, 1.54) is 39.5 Å². The highest BCUT2D eigenvalue weighted by atomic mass is 16.5. The summed E-state index contributed by atoms with van der Waals surface area (Å²) in [4.78, 5) is 49.1. The Kier molecular flexibility index (Phi) is 27.0. The lowest BCUT2D eigenvalue weighted by atomic mass is 10.1.